The van der Waals surface area contributed by atoms with E-state index >= 15 is 0 Å². The minimum Gasteiger partial charge on any atom is -0.482 e. The number of hydrogen-bond donors (Lipinski definition) is 1. The Morgan fingerprint density at radius 1 is 1.04 bits per heavy atom. The molecule has 6 heteroatoms. The van der Waals surface area contributed by atoms with Crippen LogP contribution in [0.25, 0.3) is 0 Å². The lowest BCUT2D eigenvalue weighted by molar-refractivity contribution is -0.133. The molecule has 0 fully saturated rings. The van der Waals surface area contributed by atoms with Gasteiger partial charge in [0.25, 0.3) is 5.91 Å². The van der Waals surface area contributed by atoms with Crippen molar-refractivity contribution >= 4 is 29.9 Å². The van der Waals surface area contributed by atoms with E-state index in [1.807, 2.05) is 42.5 Å². The molecule has 0 radical (unpaired) electrons. The molecule has 0 aliphatic carbocycles. The second-order valence-corrected chi connectivity index (χ2v) is 5.53. The Morgan fingerprint density at radius 3 is 2.38 bits per heavy atom. The van der Waals surface area contributed by atoms with Gasteiger partial charge in [0.15, 0.2) is 6.61 Å². The van der Waals surface area contributed by atoms with Crippen molar-refractivity contribution in [2.24, 2.45) is 5.73 Å². The van der Waals surface area contributed by atoms with Crippen LogP contribution >= 0.6 is 24.0 Å². The zero-order valence-corrected chi connectivity index (χ0v) is 14.9. The maximum atomic E-state index is 12.3. The van der Waals surface area contributed by atoms with Crippen LogP contribution in [0.15, 0.2) is 54.6 Å². The number of amides is 1. The van der Waals surface area contributed by atoms with E-state index < -0.39 is 0 Å². The Hall–Kier alpha value is -1.75. The zero-order chi connectivity index (χ0) is 16.5. The lowest BCUT2D eigenvalue weighted by atomic mass is 10.1. The standard InChI is InChI=1S/C18H21ClN2O2.ClH/c19-16-8-4-5-9-17(16)23-14-18(22)21(13-11-20)12-10-15-6-2-1-3-7-15;/h1-9H,10-14,20H2;1H. The highest BCUT2D eigenvalue weighted by Gasteiger charge is 2.14. The summed E-state index contributed by atoms with van der Waals surface area (Å²) < 4.78 is 5.51. The summed E-state index contributed by atoms with van der Waals surface area (Å²) in [5.41, 5.74) is 6.80. The first-order valence-electron chi connectivity index (χ1n) is 7.60. The minimum absolute atomic E-state index is 0. The third kappa shape index (κ3) is 6.40. The maximum absolute atomic E-state index is 12.3. The van der Waals surface area contributed by atoms with Crippen LogP contribution in [0.3, 0.4) is 0 Å². The van der Waals surface area contributed by atoms with Crippen LogP contribution in [-0.4, -0.2) is 37.0 Å². The molecular formula is C18H22Cl2N2O2. The molecule has 0 spiro atoms. The van der Waals surface area contributed by atoms with Crippen molar-refractivity contribution < 1.29 is 9.53 Å². The lowest BCUT2D eigenvalue weighted by Gasteiger charge is -2.22. The minimum atomic E-state index is -0.0914. The topological polar surface area (TPSA) is 55.6 Å². The summed E-state index contributed by atoms with van der Waals surface area (Å²) >= 11 is 6.02. The van der Waals surface area contributed by atoms with Gasteiger partial charge < -0.3 is 15.4 Å². The van der Waals surface area contributed by atoms with Crippen molar-refractivity contribution in [3.63, 3.8) is 0 Å². The fourth-order valence-electron chi connectivity index (χ4n) is 2.22. The highest BCUT2D eigenvalue weighted by molar-refractivity contribution is 6.32. The summed E-state index contributed by atoms with van der Waals surface area (Å²) in [6.45, 7) is 1.51. The van der Waals surface area contributed by atoms with E-state index in [4.69, 9.17) is 22.1 Å². The summed E-state index contributed by atoms with van der Waals surface area (Å²) in [6.07, 6.45) is 0.790. The molecule has 0 bridgehead atoms. The van der Waals surface area contributed by atoms with Crippen LogP contribution < -0.4 is 10.5 Å². The molecule has 4 nitrogen and oxygen atoms in total. The average molecular weight is 369 g/mol. The van der Waals surface area contributed by atoms with Crippen molar-refractivity contribution in [3.8, 4) is 5.75 Å². The molecule has 0 heterocycles. The second kappa shape index (κ2) is 10.9. The van der Waals surface area contributed by atoms with Crippen molar-refractivity contribution in [1.29, 1.82) is 0 Å². The van der Waals surface area contributed by atoms with Crippen molar-refractivity contribution in [3.05, 3.63) is 65.2 Å². The second-order valence-electron chi connectivity index (χ2n) is 5.12. The molecule has 1 amide bonds. The summed E-state index contributed by atoms with van der Waals surface area (Å²) in [5, 5.41) is 0.495. The Morgan fingerprint density at radius 2 is 1.71 bits per heavy atom. The first-order valence-corrected chi connectivity index (χ1v) is 7.97. The van der Waals surface area contributed by atoms with Gasteiger partial charge in [-0.05, 0) is 24.1 Å². The first kappa shape index (κ1) is 20.3. The third-order valence-electron chi connectivity index (χ3n) is 3.45. The number of hydrogen-bond acceptors (Lipinski definition) is 3. The SMILES string of the molecule is Cl.NCCN(CCc1ccccc1)C(=O)COc1ccccc1Cl. The van der Waals surface area contributed by atoms with Crippen molar-refractivity contribution in [1.82, 2.24) is 4.90 Å². The number of carbonyl (C=O) groups is 1. The summed E-state index contributed by atoms with van der Waals surface area (Å²) in [6, 6.07) is 17.2. The number of carbonyl (C=O) groups excluding carboxylic acids is 1. The molecule has 0 aliphatic rings. The van der Waals surface area contributed by atoms with Gasteiger partial charge in [0.1, 0.15) is 5.75 Å². The van der Waals surface area contributed by atoms with Crippen molar-refractivity contribution in [2.75, 3.05) is 26.2 Å². The Bertz CT molecular complexity index is 623. The molecule has 2 rings (SSSR count). The van der Waals surface area contributed by atoms with Crippen LogP contribution in [-0.2, 0) is 11.2 Å². The fourth-order valence-corrected chi connectivity index (χ4v) is 2.41. The van der Waals surface area contributed by atoms with Crippen LogP contribution in [0.2, 0.25) is 5.02 Å². The van der Waals surface area contributed by atoms with E-state index in [2.05, 4.69) is 0 Å². The van der Waals surface area contributed by atoms with Crippen LogP contribution in [0.4, 0.5) is 0 Å². The molecule has 2 aromatic rings. The molecule has 0 atom stereocenters. The van der Waals surface area contributed by atoms with E-state index in [0.717, 1.165) is 6.42 Å². The predicted octanol–water partition coefficient (Wildman–Crippen LogP) is 3.17. The summed E-state index contributed by atoms with van der Waals surface area (Å²) in [5.74, 6) is 0.421. The van der Waals surface area contributed by atoms with E-state index in [9.17, 15) is 4.79 Å². The van der Waals surface area contributed by atoms with Gasteiger partial charge in [0.05, 0.1) is 5.02 Å². The van der Waals surface area contributed by atoms with Crippen LogP contribution in [0, 0.1) is 0 Å². The molecule has 24 heavy (non-hydrogen) atoms. The normalized spacial score (nSPS) is 9.92. The highest BCUT2D eigenvalue weighted by Crippen LogP contribution is 2.22. The van der Waals surface area contributed by atoms with E-state index in [1.54, 1.807) is 17.0 Å². The number of nitrogens with zero attached hydrogens (tertiary/aromatic N) is 1. The number of halogens is 2. The largest absolute Gasteiger partial charge is 0.482 e. The Labute approximate surface area is 154 Å². The van der Waals surface area contributed by atoms with Gasteiger partial charge in [-0.1, -0.05) is 54.1 Å². The molecule has 2 N–H and O–H groups in total. The maximum Gasteiger partial charge on any atom is 0.260 e. The van der Waals surface area contributed by atoms with Gasteiger partial charge in [-0.25, -0.2) is 0 Å². The van der Waals surface area contributed by atoms with Gasteiger partial charge in [0.2, 0.25) is 0 Å². The van der Waals surface area contributed by atoms with E-state index in [1.165, 1.54) is 5.56 Å². The molecule has 2 aromatic carbocycles. The van der Waals surface area contributed by atoms with Crippen molar-refractivity contribution in [2.45, 2.75) is 6.42 Å². The number of benzene rings is 2. The van der Waals surface area contributed by atoms with Crippen LogP contribution in [0.5, 0.6) is 5.75 Å². The number of para-hydroxylation sites is 1. The van der Waals surface area contributed by atoms with Gasteiger partial charge >= 0.3 is 0 Å². The van der Waals surface area contributed by atoms with Crippen LogP contribution in [0.1, 0.15) is 5.56 Å². The number of nitrogens with two attached hydrogens (primary N) is 1. The lowest BCUT2D eigenvalue weighted by Crippen LogP contribution is -2.39. The van der Waals surface area contributed by atoms with Gasteiger partial charge in [-0.15, -0.1) is 12.4 Å². The molecule has 0 saturated carbocycles. The predicted molar refractivity (Wildman–Crippen MR) is 100.0 cm³/mol. The zero-order valence-electron chi connectivity index (χ0n) is 13.4. The third-order valence-corrected chi connectivity index (χ3v) is 3.76. The molecule has 0 aromatic heterocycles. The highest BCUT2D eigenvalue weighted by atomic mass is 35.5. The quantitative estimate of drug-likeness (QED) is 0.778. The number of ether oxygens (including phenoxy) is 1. The number of rotatable bonds is 8. The Balaban J connectivity index is 0.00000288. The fraction of sp³-hybridized carbons (Fsp3) is 0.278. The van der Waals surface area contributed by atoms with E-state index in [0.29, 0.717) is 30.4 Å². The van der Waals surface area contributed by atoms with Gasteiger partial charge in [-0.3, -0.25) is 4.79 Å². The molecule has 130 valence electrons. The Kier molecular flexibility index (Phi) is 9.23. The van der Waals surface area contributed by atoms with Gasteiger partial charge in [0, 0.05) is 19.6 Å². The first-order chi connectivity index (χ1) is 11.2. The van der Waals surface area contributed by atoms with Gasteiger partial charge in [-0.2, -0.15) is 0 Å². The molecule has 0 saturated heterocycles. The molecule has 0 unspecified atom stereocenters. The molecular weight excluding hydrogens is 347 g/mol. The monoisotopic (exact) mass is 368 g/mol. The molecule has 0 aliphatic heterocycles. The van der Waals surface area contributed by atoms with E-state index in [-0.39, 0.29) is 24.9 Å². The average Bonchev–Trinajstić information content (AvgIpc) is 2.58. The summed E-state index contributed by atoms with van der Waals surface area (Å²) in [4.78, 5) is 14.1. The smallest absolute Gasteiger partial charge is 0.260 e. The summed E-state index contributed by atoms with van der Waals surface area (Å²) in [7, 11) is 0.